The average Bonchev–Trinajstić information content (AvgIpc) is 2.78. The van der Waals surface area contributed by atoms with Crippen molar-refractivity contribution in [1.29, 1.82) is 5.26 Å². The minimum atomic E-state index is 0.236. The molecule has 0 radical (unpaired) electrons. The highest BCUT2D eigenvalue weighted by atomic mass is 16.2. The van der Waals surface area contributed by atoms with Gasteiger partial charge >= 0.3 is 0 Å². The van der Waals surface area contributed by atoms with Gasteiger partial charge in [0, 0.05) is 45.2 Å². The van der Waals surface area contributed by atoms with E-state index in [1.54, 1.807) is 18.3 Å². The van der Waals surface area contributed by atoms with Gasteiger partial charge < -0.3 is 9.80 Å². The fourth-order valence-corrected chi connectivity index (χ4v) is 2.46. The Kier molecular flexibility index (Phi) is 4.00. The van der Waals surface area contributed by atoms with E-state index >= 15 is 0 Å². The highest BCUT2D eigenvalue weighted by Crippen LogP contribution is 2.20. The number of aromatic nitrogens is 1. The lowest BCUT2D eigenvalue weighted by Gasteiger charge is -2.22. The van der Waals surface area contributed by atoms with E-state index in [0.29, 0.717) is 17.9 Å². The Balaban J connectivity index is 2.00. The molecule has 1 aromatic rings. The summed E-state index contributed by atoms with van der Waals surface area (Å²) in [5.41, 5.74) is 0.606. The highest BCUT2D eigenvalue weighted by molar-refractivity contribution is 5.78. The molecule has 0 saturated carbocycles. The van der Waals surface area contributed by atoms with Crippen LogP contribution >= 0.6 is 0 Å². The molecule has 0 N–H and O–H groups in total. The molecule has 0 aliphatic carbocycles. The Morgan fingerprint density at radius 3 is 3.05 bits per heavy atom. The van der Waals surface area contributed by atoms with Crippen LogP contribution in [0.5, 0.6) is 0 Å². The maximum atomic E-state index is 11.7. The second-order valence-corrected chi connectivity index (χ2v) is 4.90. The zero-order chi connectivity index (χ0) is 13.8. The van der Waals surface area contributed by atoms with Crippen LogP contribution in [-0.2, 0) is 4.79 Å². The fourth-order valence-electron chi connectivity index (χ4n) is 2.46. The number of amides is 1. The normalized spacial score (nSPS) is 18.5. The molecule has 0 spiro atoms. The summed E-state index contributed by atoms with van der Waals surface area (Å²) in [6, 6.07) is 5.57. The summed E-state index contributed by atoms with van der Waals surface area (Å²) >= 11 is 0. The van der Waals surface area contributed by atoms with Crippen LogP contribution in [0.15, 0.2) is 18.3 Å². The quantitative estimate of drug-likeness (QED) is 0.815. The number of likely N-dealkylation sites (tertiary alicyclic amines) is 1. The maximum Gasteiger partial charge on any atom is 0.222 e. The van der Waals surface area contributed by atoms with E-state index in [1.807, 2.05) is 23.8 Å². The van der Waals surface area contributed by atoms with E-state index in [-0.39, 0.29) is 5.91 Å². The molecule has 1 amide bonds. The van der Waals surface area contributed by atoms with Gasteiger partial charge in [-0.1, -0.05) is 0 Å². The van der Waals surface area contributed by atoms with Gasteiger partial charge in [0.1, 0.15) is 5.82 Å². The molecule has 5 nitrogen and oxygen atoms in total. The number of pyridine rings is 1. The molecule has 1 aliphatic heterocycles. The first-order valence-corrected chi connectivity index (χ1v) is 6.49. The van der Waals surface area contributed by atoms with Crippen molar-refractivity contribution >= 4 is 11.7 Å². The van der Waals surface area contributed by atoms with Crippen LogP contribution in [0.2, 0.25) is 0 Å². The van der Waals surface area contributed by atoms with E-state index in [0.717, 1.165) is 25.5 Å². The SMILES string of the molecule is CCN1C[C@@H](CN(C)c2cc(C#N)ccn2)CC1=O. The summed E-state index contributed by atoms with van der Waals surface area (Å²) in [4.78, 5) is 19.8. The predicted molar refractivity (Wildman–Crippen MR) is 72.6 cm³/mol. The van der Waals surface area contributed by atoms with E-state index in [4.69, 9.17) is 5.26 Å². The standard InChI is InChI=1S/C14H18N4O/c1-3-18-10-12(7-14(18)19)9-17(2)13-6-11(8-15)4-5-16-13/h4-6,12H,3,7,9-10H2,1-2H3/t12-/m1/s1. The summed E-state index contributed by atoms with van der Waals surface area (Å²) in [6.45, 7) is 4.38. The molecule has 1 aliphatic rings. The molecule has 1 saturated heterocycles. The zero-order valence-corrected chi connectivity index (χ0v) is 11.3. The van der Waals surface area contributed by atoms with Gasteiger partial charge in [0.15, 0.2) is 0 Å². The number of carbonyl (C=O) groups excluding carboxylic acids is 1. The summed E-state index contributed by atoms with van der Waals surface area (Å²) < 4.78 is 0. The molecule has 5 heteroatoms. The minimum Gasteiger partial charge on any atom is -0.359 e. The summed E-state index contributed by atoms with van der Waals surface area (Å²) in [6.07, 6.45) is 2.25. The molecular weight excluding hydrogens is 240 g/mol. The lowest BCUT2D eigenvalue weighted by Crippen LogP contribution is -2.29. The van der Waals surface area contributed by atoms with Crippen LogP contribution < -0.4 is 4.90 Å². The topological polar surface area (TPSA) is 60.2 Å². The van der Waals surface area contributed by atoms with Crippen molar-refractivity contribution in [2.75, 3.05) is 31.6 Å². The van der Waals surface area contributed by atoms with Gasteiger partial charge in [-0.15, -0.1) is 0 Å². The van der Waals surface area contributed by atoms with Gasteiger partial charge in [-0.3, -0.25) is 4.79 Å². The Morgan fingerprint density at radius 1 is 1.63 bits per heavy atom. The van der Waals surface area contributed by atoms with Gasteiger partial charge in [-0.25, -0.2) is 4.98 Å². The molecule has 0 aromatic carbocycles. The number of rotatable bonds is 4. The number of carbonyl (C=O) groups is 1. The number of hydrogen-bond acceptors (Lipinski definition) is 4. The number of hydrogen-bond donors (Lipinski definition) is 0. The smallest absolute Gasteiger partial charge is 0.222 e. The molecule has 2 rings (SSSR count). The lowest BCUT2D eigenvalue weighted by atomic mass is 10.1. The third kappa shape index (κ3) is 3.02. The lowest BCUT2D eigenvalue weighted by molar-refractivity contribution is -0.127. The molecule has 19 heavy (non-hydrogen) atoms. The highest BCUT2D eigenvalue weighted by Gasteiger charge is 2.29. The van der Waals surface area contributed by atoms with Gasteiger partial charge in [0.05, 0.1) is 11.6 Å². The van der Waals surface area contributed by atoms with Crippen molar-refractivity contribution < 1.29 is 4.79 Å². The maximum absolute atomic E-state index is 11.7. The number of anilines is 1. The first-order valence-electron chi connectivity index (χ1n) is 6.49. The molecule has 0 bridgehead atoms. The van der Waals surface area contributed by atoms with Crippen LogP contribution in [0, 0.1) is 17.2 Å². The Labute approximate surface area is 113 Å². The summed E-state index contributed by atoms with van der Waals surface area (Å²) in [7, 11) is 1.95. The molecular formula is C14H18N4O. The van der Waals surface area contributed by atoms with Crippen molar-refractivity contribution in [3.63, 3.8) is 0 Å². The van der Waals surface area contributed by atoms with Crippen LogP contribution in [0.4, 0.5) is 5.82 Å². The monoisotopic (exact) mass is 258 g/mol. The molecule has 1 fully saturated rings. The minimum absolute atomic E-state index is 0.236. The van der Waals surface area contributed by atoms with E-state index < -0.39 is 0 Å². The van der Waals surface area contributed by atoms with E-state index in [2.05, 4.69) is 11.1 Å². The van der Waals surface area contributed by atoms with Crippen molar-refractivity contribution in [3.05, 3.63) is 23.9 Å². The van der Waals surface area contributed by atoms with Gasteiger partial charge in [0.2, 0.25) is 5.91 Å². The fraction of sp³-hybridized carbons (Fsp3) is 0.500. The van der Waals surface area contributed by atoms with Crippen molar-refractivity contribution in [2.24, 2.45) is 5.92 Å². The van der Waals surface area contributed by atoms with Gasteiger partial charge in [-0.05, 0) is 19.1 Å². The number of nitrogens with zero attached hydrogens (tertiary/aromatic N) is 4. The van der Waals surface area contributed by atoms with Gasteiger partial charge in [0.25, 0.3) is 0 Å². The van der Waals surface area contributed by atoms with Crippen molar-refractivity contribution in [3.8, 4) is 6.07 Å². The molecule has 1 aromatic heterocycles. The van der Waals surface area contributed by atoms with E-state index in [9.17, 15) is 4.79 Å². The first kappa shape index (κ1) is 13.3. The van der Waals surface area contributed by atoms with Crippen LogP contribution in [-0.4, -0.2) is 42.5 Å². The van der Waals surface area contributed by atoms with Crippen LogP contribution in [0.1, 0.15) is 18.9 Å². The van der Waals surface area contributed by atoms with Crippen LogP contribution in [0.3, 0.4) is 0 Å². The second-order valence-electron chi connectivity index (χ2n) is 4.90. The largest absolute Gasteiger partial charge is 0.359 e. The van der Waals surface area contributed by atoms with Crippen LogP contribution in [0.25, 0.3) is 0 Å². The van der Waals surface area contributed by atoms with Crippen molar-refractivity contribution in [1.82, 2.24) is 9.88 Å². The zero-order valence-electron chi connectivity index (χ0n) is 11.3. The first-order chi connectivity index (χ1) is 9.13. The third-order valence-electron chi connectivity index (χ3n) is 3.47. The number of nitriles is 1. The summed E-state index contributed by atoms with van der Waals surface area (Å²) in [5, 5.41) is 8.88. The average molecular weight is 258 g/mol. The molecule has 2 heterocycles. The Hall–Kier alpha value is -2.09. The molecule has 100 valence electrons. The second kappa shape index (κ2) is 5.70. The predicted octanol–water partition coefficient (Wildman–Crippen LogP) is 1.26. The Bertz CT molecular complexity index is 508. The molecule has 1 atom stereocenters. The molecule has 0 unspecified atom stereocenters. The Morgan fingerprint density at radius 2 is 2.42 bits per heavy atom. The van der Waals surface area contributed by atoms with Crippen molar-refractivity contribution in [2.45, 2.75) is 13.3 Å². The summed E-state index contributed by atoms with van der Waals surface area (Å²) in [5.74, 6) is 1.35. The van der Waals surface area contributed by atoms with E-state index in [1.165, 1.54) is 0 Å². The van der Waals surface area contributed by atoms with Gasteiger partial charge in [-0.2, -0.15) is 5.26 Å². The third-order valence-corrected chi connectivity index (χ3v) is 3.47.